The van der Waals surface area contributed by atoms with Crippen LogP contribution in [0.5, 0.6) is 0 Å². The summed E-state index contributed by atoms with van der Waals surface area (Å²) >= 11 is 0. The van der Waals surface area contributed by atoms with E-state index < -0.39 is 0 Å². The smallest absolute Gasteiger partial charge is 0.126 e. The van der Waals surface area contributed by atoms with Crippen molar-refractivity contribution in [2.75, 3.05) is 0 Å². The number of benzene rings is 1. The van der Waals surface area contributed by atoms with Gasteiger partial charge in [0.2, 0.25) is 0 Å². The van der Waals surface area contributed by atoms with Crippen molar-refractivity contribution in [1.29, 1.82) is 5.26 Å². The second kappa shape index (κ2) is 4.73. The van der Waals surface area contributed by atoms with Crippen molar-refractivity contribution in [3.63, 3.8) is 0 Å². The van der Waals surface area contributed by atoms with Gasteiger partial charge < -0.3 is 5.73 Å². The van der Waals surface area contributed by atoms with Crippen LogP contribution >= 0.6 is 0 Å². The van der Waals surface area contributed by atoms with E-state index in [1.165, 1.54) is 6.07 Å². The zero-order chi connectivity index (χ0) is 10.6. The molecule has 1 atom stereocenters. The lowest BCUT2D eigenvalue weighted by molar-refractivity contribution is 0.612. The van der Waals surface area contributed by atoms with Gasteiger partial charge in [-0.15, -0.1) is 0 Å². The number of nitriles is 1. The van der Waals surface area contributed by atoms with E-state index in [9.17, 15) is 4.39 Å². The lowest BCUT2D eigenvalue weighted by Crippen LogP contribution is -2.10. The monoisotopic (exact) mass is 192 g/mol. The SMILES string of the molecule is Cc1cc(C(N)CCC#N)ccc1F. The first-order valence-corrected chi connectivity index (χ1v) is 4.53. The van der Waals surface area contributed by atoms with Gasteiger partial charge in [-0.2, -0.15) is 5.26 Å². The molecule has 0 saturated heterocycles. The molecule has 1 unspecified atom stereocenters. The minimum Gasteiger partial charge on any atom is -0.324 e. The summed E-state index contributed by atoms with van der Waals surface area (Å²) in [5.41, 5.74) is 7.31. The van der Waals surface area contributed by atoms with Gasteiger partial charge in [0.05, 0.1) is 6.07 Å². The third kappa shape index (κ3) is 2.54. The van der Waals surface area contributed by atoms with Gasteiger partial charge in [0.25, 0.3) is 0 Å². The normalized spacial score (nSPS) is 12.1. The molecule has 14 heavy (non-hydrogen) atoms. The van der Waals surface area contributed by atoms with Crippen LogP contribution < -0.4 is 5.73 Å². The van der Waals surface area contributed by atoms with E-state index in [2.05, 4.69) is 0 Å². The van der Waals surface area contributed by atoms with E-state index in [0.717, 1.165) is 5.56 Å². The fourth-order valence-electron chi connectivity index (χ4n) is 1.29. The Kier molecular flexibility index (Phi) is 3.61. The molecule has 0 aromatic heterocycles. The Labute approximate surface area is 83.2 Å². The van der Waals surface area contributed by atoms with Crippen LogP contribution in [0.3, 0.4) is 0 Å². The molecule has 3 heteroatoms. The largest absolute Gasteiger partial charge is 0.324 e. The average Bonchev–Trinajstić information content (AvgIpc) is 2.18. The summed E-state index contributed by atoms with van der Waals surface area (Å²) in [6.07, 6.45) is 1.04. The van der Waals surface area contributed by atoms with E-state index in [1.54, 1.807) is 19.1 Å². The third-order valence-electron chi connectivity index (χ3n) is 2.18. The van der Waals surface area contributed by atoms with Crippen LogP contribution in [0.15, 0.2) is 18.2 Å². The van der Waals surface area contributed by atoms with E-state index in [0.29, 0.717) is 18.4 Å². The molecule has 0 radical (unpaired) electrons. The van der Waals surface area contributed by atoms with Crippen molar-refractivity contribution in [3.8, 4) is 6.07 Å². The molecule has 0 aliphatic heterocycles. The molecule has 0 amide bonds. The van der Waals surface area contributed by atoms with Crippen LogP contribution in [0.25, 0.3) is 0 Å². The molecule has 0 heterocycles. The highest BCUT2D eigenvalue weighted by Gasteiger charge is 2.07. The van der Waals surface area contributed by atoms with E-state index in [-0.39, 0.29) is 11.9 Å². The van der Waals surface area contributed by atoms with Gasteiger partial charge in [0, 0.05) is 12.5 Å². The van der Waals surface area contributed by atoms with Crippen LogP contribution in [0.2, 0.25) is 0 Å². The van der Waals surface area contributed by atoms with Crippen molar-refractivity contribution in [3.05, 3.63) is 35.1 Å². The summed E-state index contributed by atoms with van der Waals surface area (Å²) in [5.74, 6) is -0.221. The number of rotatable bonds is 3. The van der Waals surface area contributed by atoms with Crippen LogP contribution in [0.1, 0.15) is 30.0 Å². The molecular formula is C11H13FN2. The van der Waals surface area contributed by atoms with Gasteiger partial charge in [-0.25, -0.2) is 4.39 Å². The topological polar surface area (TPSA) is 49.8 Å². The zero-order valence-corrected chi connectivity index (χ0v) is 8.13. The Balaban J connectivity index is 2.76. The molecule has 1 rings (SSSR count). The fourth-order valence-corrected chi connectivity index (χ4v) is 1.29. The van der Waals surface area contributed by atoms with E-state index in [1.807, 2.05) is 6.07 Å². The van der Waals surface area contributed by atoms with Crippen LogP contribution in [0, 0.1) is 24.1 Å². The first-order valence-electron chi connectivity index (χ1n) is 4.53. The second-order valence-electron chi connectivity index (χ2n) is 3.31. The van der Waals surface area contributed by atoms with Gasteiger partial charge >= 0.3 is 0 Å². The molecule has 0 aliphatic rings. The van der Waals surface area contributed by atoms with Crippen molar-refractivity contribution in [2.24, 2.45) is 5.73 Å². The van der Waals surface area contributed by atoms with Gasteiger partial charge in [-0.05, 0) is 30.5 Å². The average molecular weight is 192 g/mol. The summed E-state index contributed by atoms with van der Waals surface area (Å²) in [6.45, 7) is 1.70. The maximum atomic E-state index is 12.9. The Morgan fingerprint density at radius 2 is 2.29 bits per heavy atom. The number of halogens is 1. The highest BCUT2D eigenvalue weighted by molar-refractivity contribution is 5.26. The lowest BCUT2D eigenvalue weighted by atomic mass is 10.0. The molecule has 0 fully saturated rings. The van der Waals surface area contributed by atoms with E-state index >= 15 is 0 Å². The summed E-state index contributed by atoms with van der Waals surface area (Å²) < 4.78 is 12.9. The fraction of sp³-hybridized carbons (Fsp3) is 0.364. The highest BCUT2D eigenvalue weighted by atomic mass is 19.1. The summed E-state index contributed by atoms with van der Waals surface area (Å²) in [4.78, 5) is 0. The molecule has 0 aliphatic carbocycles. The summed E-state index contributed by atoms with van der Waals surface area (Å²) in [6, 6.07) is 6.69. The molecule has 2 N–H and O–H groups in total. The molecule has 0 saturated carbocycles. The molecular weight excluding hydrogens is 179 g/mol. The van der Waals surface area contributed by atoms with Crippen LogP contribution in [0.4, 0.5) is 4.39 Å². The van der Waals surface area contributed by atoms with Crippen molar-refractivity contribution >= 4 is 0 Å². The molecule has 1 aromatic rings. The van der Waals surface area contributed by atoms with Crippen molar-refractivity contribution in [2.45, 2.75) is 25.8 Å². The molecule has 0 spiro atoms. The maximum absolute atomic E-state index is 12.9. The Hall–Kier alpha value is -1.40. The van der Waals surface area contributed by atoms with Gasteiger partial charge in [0.15, 0.2) is 0 Å². The van der Waals surface area contributed by atoms with Crippen LogP contribution in [-0.2, 0) is 0 Å². The summed E-state index contributed by atoms with van der Waals surface area (Å²) in [7, 11) is 0. The quantitative estimate of drug-likeness (QED) is 0.799. The first kappa shape index (κ1) is 10.7. The van der Waals surface area contributed by atoms with Crippen molar-refractivity contribution in [1.82, 2.24) is 0 Å². The van der Waals surface area contributed by atoms with Crippen molar-refractivity contribution < 1.29 is 4.39 Å². The predicted molar refractivity (Wildman–Crippen MR) is 52.9 cm³/mol. The Bertz CT molecular complexity index is 355. The predicted octanol–water partition coefficient (Wildman–Crippen LogP) is 2.44. The molecule has 2 nitrogen and oxygen atoms in total. The maximum Gasteiger partial charge on any atom is 0.126 e. The molecule has 1 aromatic carbocycles. The number of hydrogen-bond donors (Lipinski definition) is 1. The number of aryl methyl sites for hydroxylation is 1. The van der Waals surface area contributed by atoms with Crippen LogP contribution in [-0.4, -0.2) is 0 Å². The number of hydrogen-bond acceptors (Lipinski definition) is 2. The molecule has 74 valence electrons. The molecule has 0 bridgehead atoms. The van der Waals surface area contributed by atoms with E-state index in [4.69, 9.17) is 11.0 Å². The third-order valence-corrected chi connectivity index (χ3v) is 2.18. The lowest BCUT2D eigenvalue weighted by Gasteiger charge is -2.10. The highest BCUT2D eigenvalue weighted by Crippen LogP contribution is 2.18. The number of nitrogens with two attached hydrogens (primary N) is 1. The zero-order valence-electron chi connectivity index (χ0n) is 8.13. The van der Waals surface area contributed by atoms with Gasteiger partial charge in [-0.3, -0.25) is 0 Å². The standard InChI is InChI=1S/C11H13FN2/c1-8-7-9(4-5-10(8)12)11(14)3-2-6-13/h4-5,7,11H,2-3,14H2,1H3. The number of nitrogens with zero attached hydrogens (tertiary/aromatic N) is 1. The Morgan fingerprint density at radius 1 is 1.57 bits per heavy atom. The summed E-state index contributed by atoms with van der Waals surface area (Å²) in [5, 5.41) is 8.40. The minimum absolute atomic E-state index is 0.172. The van der Waals surface area contributed by atoms with Gasteiger partial charge in [-0.1, -0.05) is 12.1 Å². The van der Waals surface area contributed by atoms with Gasteiger partial charge in [0.1, 0.15) is 5.82 Å². The Morgan fingerprint density at radius 3 is 2.86 bits per heavy atom. The second-order valence-corrected chi connectivity index (χ2v) is 3.31. The minimum atomic E-state index is -0.221. The first-order chi connectivity index (χ1) is 6.65.